The van der Waals surface area contributed by atoms with Crippen molar-refractivity contribution in [3.8, 4) is 0 Å². The molecule has 2 aliphatic rings. The van der Waals surface area contributed by atoms with Crippen molar-refractivity contribution < 1.29 is 39.8 Å². The zero-order valence-corrected chi connectivity index (χ0v) is 27.2. The number of esters is 1. The highest BCUT2D eigenvalue weighted by molar-refractivity contribution is 5.90. The summed E-state index contributed by atoms with van der Waals surface area (Å²) in [5.74, 6) is -0.343. The van der Waals surface area contributed by atoms with Gasteiger partial charge in [-0.25, -0.2) is 4.79 Å². The lowest BCUT2D eigenvalue weighted by atomic mass is 9.97. The summed E-state index contributed by atoms with van der Waals surface area (Å²) >= 11 is 0. The number of aliphatic hydroxyl groups is 5. The van der Waals surface area contributed by atoms with Crippen LogP contribution in [0.15, 0.2) is 11.6 Å². The van der Waals surface area contributed by atoms with E-state index >= 15 is 0 Å². The van der Waals surface area contributed by atoms with Crippen LogP contribution in [0.2, 0.25) is 0 Å². The molecule has 8 atom stereocenters. The van der Waals surface area contributed by atoms with Crippen LogP contribution in [0.4, 0.5) is 0 Å². The molecule has 8 heteroatoms. The van der Waals surface area contributed by atoms with E-state index in [4.69, 9.17) is 9.47 Å². The molecule has 0 aromatic heterocycles. The maximum Gasteiger partial charge on any atom is 0.334 e. The Morgan fingerprint density at radius 1 is 0.674 bits per heavy atom. The predicted octanol–water partition coefficient (Wildman–Crippen LogP) is 6.03. The number of rotatable bonds is 26. The summed E-state index contributed by atoms with van der Waals surface area (Å²) in [5.41, 5.74) is 0.542. The first-order chi connectivity index (χ1) is 20.7. The minimum atomic E-state index is -0.833. The monoisotopic (exact) mass is 612 g/mol. The van der Waals surface area contributed by atoms with Gasteiger partial charge in [-0.1, -0.05) is 90.4 Å². The van der Waals surface area contributed by atoms with Crippen molar-refractivity contribution in [1.29, 1.82) is 0 Å². The zero-order valence-electron chi connectivity index (χ0n) is 27.2. The third-order valence-corrected chi connectivity index (χ3v) is 9.22. The van der Waals surface area contributed by atoms with E-state index < -0.39 is 30.5 Å². The first-order valence-corrected chi connectivity index (χ1v) is 17.7. The van der Waals surface area contributed by atoms with Crippen LogP contribution in [0.5, 0.6) is 0 Å². The molecule has 0 aliphatic carbocycles. The van der Waals surface area contributed by atoms with Crippen LogP contribution in [0.1, 0.15) is 155 Å². The molecule has 8 nitrogen and oxygen atoms in total. The molecule has 5 N–H and O–H groups in total. The van der Waals surface area contributed by atoms with Crippen LogP contribution in [0, 0.1) is 0 Å². The number of hydrogen-bond acceptors (Lipinski definition) is 8. The average Bonchev–Trinajstić information content (AvgIpc) is 3.59. The Bertz CT molecular complexity index is 758. The number of ether oxygens (including phenoxy) is 2. The van der Waals surface area contributed by atoms with E-state index in [0.29, 0.717) is 44.1 Å². The lowest BCUT2D eigenvalue weighted by Crippen LogP contribution is -2.31. The molecule has 252 valence electrons. The van der Waals surface area contributed by atoms with E-state index in [1.54, 1.807) is 13.0 Å². The summed E-state index contributed by atoms with van der Waals surface area (Å²) < 4.78 is 11.1. The minimum absolute atomic E-state index is 0.202. The molecule has 0 aromatic carbocycles. The molecule has 0 amide bonds. The van der Waals surface area contributed by atoms with Gasteiger partial charge >= 0.3 is 5.97 Å². The fourth-order valence-corrected chi connectivity index (χ4v) is 6.44. The van der Waals surface area contributed by atoms with Crippen LogP contribution >= 0.6 is 0 Å². The van der Waals surface area contributed by atoms with Crippen molar-refractivity contribution in [3.05, 3.63) is 11.6 Å². The fourth-order valence-electron chi connectivity index (χ4n) is 6.44. The third kappa shape index (κ3) is 16.2. The highest BCUT2D eigenvalue weighted by Crippen LogP contribution is 2.28. The Morgan fingerprint density at radius 2 is 1.14 bits per heavy atom. The van der Waals surface area contributed by atoms with Crippen molar-refractivity contribution in [1.82, 2.24) is 0 Å². The lowest BCUT2D eigenvalue weighted by Gasteiger charge is -2.23. The molecule has 2 rings (SSSR count). The van der Waals surface area contributed by atoms with Crippen LogP contribution in [-0.4, -0.2) is 80.3 Å². The van der Waals surface area contributed by atoms with Crippen LogP contribution in [-0.2, 0) is 14.3 Å². The number of cyclic esters (lactones) is 1. The molecule has 1 fully saturated rings. The second-order valence-corrected chi connectivity index (χ2v) is 13.3. The van der Waals surface area contributed by atoms with Gasteiger partial charge in [-0.3, -0.25) is 0 Å². The number of carbonyl (C=O) groups is 1. The second-order valence-electron chi connectivity index (χ2n) is 13.3. The largest absolute Gasteiger partial charge is 0.455 e. The Morgan fingerprint density at radius 3 is 1.70 bits per heavy atom. The zero-order chi connectivity index (χ0) is 31.5. The molecule has 1 saturated heterocycles. The standard InChI is InChI=1S/C35H64O8/c1-3-4-5-6-7-8-9-10-11-14-19-31(39)33-22-23-34(43-33)32(40)21-16-20-30(38)29(37)18-15-12-13-17-28(36)25-27-24-26(2)42-35(27)41/h24,26,28-34,36-40H,3-23,25H2,1-2H3/t26-,28+,29?,30?,31+,32+,33?,34?/m0/s1. The van der Waals surface area contributed by atoms with E-state index in [1.165, 1.54) is 51.4 Å². The molecule has 0 spiro atoms. The van der Waals surface area contributed by atoms with E-state index in [0.717, 1.165) is 51.4 Å². The normalized spacial score (nSPS) is 24.0. The van der Waals surface area contributed by atoms with Gasteiger partial charge in [0.15, 0.2) is 0 Å². The summed E-state index contributed by atoms with van der Waals surface area (Å²) in [4.78, 5) is 11.7. The van der Waals surface area contributed by atoms with Crippen molar-refractivity contribution in [2.24, 2.45) is 0 Å². The number of unbranched alkanes of at least 4 members (excludes halogenated alkanes) is 11. The van der Waals surface area contributed by atoms with E-state index in [-0.39, 0.29) is 24.3 Å². The van der Waals surface area contributed by atoms with Gasteiger partial charge in [0.25, 0.3) is 0 Å². The van der Waals surface area contributed by atoms with Crippen molar-refractivity contribution in [2.75, 3.05) is 0 Å². The predicted molar refractivity (Wildman–Crippen MR) is 170 cm³/mol. The van der Waals surface area contributed by atoms with Gasteiger partial charge < -0.3 is 35.0 Å². The van der Waals surface area contributed by atoms with Gasteiger partial charge in [-0.15, -0.1) is 0 Å². The number of hydrogen-bond donors (Lipinski definition) is 5. The minimum Gasteiger partial charge on any atom is -0.455 e. The van der Waals surface area contributed by atoms with E-state index in [2.05, 4.69) is 6.92 Å². The Balaban J connectivity index is 1.46. The fraction of sp³-hybridized carbons (Fsp3) is 0.914. The van der Waals surface area contributed by atoms with Crippen LogP contribution < -0.4 is 0 Å². The summed E-state index contributed by atoms with van der Waals surface area (Å²) in [6.07, 6.45) is 17.9. The summed E-state index contributed by atoms with van der Waals surface area (Å²) in [7, 11) is 0. The number of carbonyl (C=O) groups excluding carboxylic acids is 1. The van der Waals surface area contributed by atoms with Crippen LogP contribution in [0.3, 0.4) is 0 Å². The average molecular weight is 613 g/mol. The first kappa shape index (κ1) is 38.2. The van der Waals surface area contributed by atoms with E-state index in [9.17, 15) is 30.3 Å². The Hall–Kier alpha value is -1.03. The topological polar surface area (TPSA) is 137 Å². The Labute approximate surface area is 261 Å². The lowest BCUT2D eigenvalue weighted by molar-refractivity contribution is -0.139. The maximum atomic E-state index is 11.7. The molecular weight excluding hydrogens is 548 g/mol. The maximum absolute atomic E-state index is 11.7. The van der Waals surface area contributed by atoms with Crippen molar-refractivity contribution >= 4 is 5.97 Å². The smallest absolute Gasteiger partial charge is 0.334 e. The van der Waals surface area contributed by atoms with Gasteiger partial charge in [-0.05, 0) is 64.4 Å². The summed E-state index contributed by atoms with van der Waals surface area (Å²) in [5, 5.41) is 52.1. The number of aliphatic hydroxyl groups excluding tert-OH is 5. The van der Waals surface area contributed by atoms with Gasteiger partial charge in [0, 0.05) is 12.0 Å². The molecule has 4 unspecified atom stereocenters. The van der Waals surface area contributed by atoms with Gasteiger partial charge in [0.05, 0.1) is 42.7 Å². The molecule has 2 heterocycles. The highest BCUT2D eigenvalue weighted by atomic mass is 16.5. The van der Waals surface area contributed by atoms with Gasteiger partial charge in [0.2, 0.25) is 0 Å². The van der Waals surface area contributed by atoms with Crippen molar-refractivity contribution in [2.45, 2.75) is 204 Å². The van der Waals surface area contributed by atoms with Gasteiger partial charge in [0.1, 0.15) is 6.10 Å². The first-order valence-electron chi connectivity index (χ1n) is 17.7. The molecule has 2 aliphatic heterocycles. The summed E-state index contributed by atoms with van der Waals surface area (Å²) in [6.45, 7) is 4.04. The molecule has 43 heavy (non-hydrogen) atoms. The molecular formula is C35H64O8. The van der Waals surface area contributed by atoms with Crippen LogP contribution in [0.25, 0.3) is 0 Å². The molecule has 0 saturated carbocycles. The van der Waals surface area contributed by atoms with E-state index in [1.807, 2.05) is 0 Å². The quantitative estimate of drug-likeness (QED) is 0.0590. The summed E-state index contributed by atoms with van der Waals surface area (Å²) in [6, 6.07) is 0. The Kier molecular flexibility index (Phi) is 19.9. The molecule has 0 aromatic rings. The van der Waals surface area contributed by atoms with Gasteiger partial charge in [-0.2, -0.15) is 0 Å². The SMILES string of the molecule is CCCCCCCCCCCC[C@@H](O)C1CCC([C@H](O)CCCC(O)C(O)CCCCC[C@@H](O)CC2=C[C@H](C)OC2=O)O1. The second kappa shape index (κ2) is 22.5. The molecule has 0 bridgehead atoms. The van der Waals surface area contributed by atoms with Crippen molar-refractivity contribution in [3.63, 3.8) is 0 Å². The third-order valence-electron chi connectivity index (χ3n) is 9.22. The highest BCUT2D eigenvalue weighted by Gasteiger charge is 2.34. The molecule has 0 radical (unpaired) electrons.